The molecule has 1 heterocycles. The van der Waals surface area contributed by atoms with Gasteiger partial charge in [-0.15, -0.1) is 0 Å². The van der Waals surface area contributed by atoms with Crippen LogP contribution in [0, 0.1) is 0 Å². The Kier molecular flexibility index (Phi) is 6.03. The van der Waals surface area contributed by atoms with Crippen LogP contribution in [0.1, 0.15) is 10.4 Å². The van der Waals surface area contributed by atoms with E-state index in [0.29, 0.717) is 23.6 Å². The lowest BCUT2D eigenvalue weighted by Crippen LogP contribution is -2.46. The molecule has 0 aromatic heterocycles. The topological polar surface area (TPSA) is 54.0 Å². The zero-order valence-corrected chi connectivity index (χ0v) is 13.6. The van der Waals surface area contributed by atoms with Crippen LogP contribution >= 0.6 is 0 Å². The maximum atomic E-state index is 12.2. The van der Waals surface area contributed by atoms with Gasteiger partial charge in [-0.3, -0.25) is 9.69 Å². The van der Waals surface area contributed by atoms with E-state index < -0.39 is 0 Å². The van der Waals surface area contributed by atoms with Gasteiger partial charge in [-0.25, -0.2) is 0 Å². The van der Waals surface area contributed by atoms with Crippen LogP contribution in [0.15, 0.2) is 18.2 Å². The van der Waals surface area contributed by atoms with Crippen LogP contribution in [0.4, 0.5) is 0 Å². The summed E-state index contributed by atoms with van der Waals surface area (Å²) in [7, 11) is 5.28. The van der Waals surface area contributed by atoms with Gasteiger partial charge >= 0.3 is 0 Å². The van der Waals surface area contributed by atoms with Gasteiger partial charge in [0.15, 0.2) is 0 Å². The lowest BCUT2D eigenvalue weighted by Gasteiger charge is -2.32. The molecule has 0 unspecified atom stereocenters. The monoisotopic (exact) mass is 307 g/mol. The van der Waals surface area contributed by atoms with Crippen molar-refractivity contribution in [3.05, 3.63) is 23.8 Å². The highest BCUT2D eigenvalue weighted by molar-refractivity contribution is 5.95. The number of carbonyl (C=O) groups is 1. The highest BCUT2D eigenvalue weighted by Gasteiger charge is 2.14. The largest absolute Gasteiger partial charge is 0.497 e. The van der Waals surface area contributed by atoms with Gasteiger partial charge in [0, 0.05) is 50.9 Å². The number of piperazine rings is 1. The molecule has 0 spiro atoms. The number of ether oxygens (including phenoxy) is 2. The number of methoxy groups -OCH3 is 2. The van der Waals surface area contributed by atoms with E-state index in [1.807, 2.05) is 0 Å². The van der Waals surface area contributed by atoms with Crippen molar-refractivity contribution in [3.63, 3.8) is 0 Å². The number of nitrogens with zero attached hydrogens (tertiary/aromatic N) is 2. The maximum absolute atomic E-state index is 12.2. The number of rotatable bonds is 6. The molecule has 0 radical (unpaired) electrons. The second kappa shape index (κ2) is 8.00. The summed E-state index contributed by atoms with van der Waals surface area (Å²) >= 11 is 0. The SMILES string of the molecule is COc1cc(OC)cc(C(=O)NCCN2CCN(C)CC2)c1. The average Bonchev–Trinajstić information content (AvgIpc) is 2.56. The first-order valence-corrected chi connectivity index (χ1v) is 7.54. The number of carbonyl (C=O) groups excluding carboxylic acids is 1. The van der Waals surface area contributed by atoms with Gasteiger partial charge in [-0.05, 0) is 19.2 Å². The van der Waals surface area contributed by atoms with E-state index in [0.717, 1.165) is 32.7 Å². The summed E-state index contributed by atoms with van der Waals surface area (Å²) in [5, 5.41) is 2.95. The van der Waals surface area contributed by atoms with E-state index in [1.165, 1.54) is 0 Å². The molecule has 1 aliphatic heterocycles. The van der Waals surface area contributed by atoms with E-state index in [1.54, 1.807) is 32.4 Å². The Morgan fingerprint density at radius 1 is 1.09 bits per heavy atom. The first-order valence-electron chi connectivity index (χ1n) is 7.54. The van der Waals surface area contributed by atoms with Crippen LogP contribution in [0.3, 0.4) is 0 Å². The lowest BCUT2D eigenvalue weighted by molar-refractivity contribution is 0.0940. The van der Waals surface area contributed by atoms with Crippen LogP contribution in [0.2, 0.25) is 0 Å². The normalized spacial score (nSPS) is 16.3. The highest BCUT2D eigenvalue weighted by atomic mass is 16.5. The molecule has 0 bridgehead atoms. The first kappa shape index (κ1) is 16.6. The average molecular weight is 307 g/mol. The molecular weight excluding hydrogens is 282 g/mol. The number of benzene rings is 1. The van der Waals surface area contributed by atoms with E-state index in [4.69, 9.17) is 9.47 Å². The third-order valence-electron chi connectivity index (χ3n) is 3.92. The molecule has 0 aliphatic carbocycles. The molecule has 122 valence electrons. The maximum Gasteiger partial charge on any atom is 0.251 e. The summed E-state index contributed by atoms with van der Waals surface area (Å²) in [4.78, 5) is 16.9. The molecule has 0 atom stereocenters. The van der Waals surface area contributed by atoms with Crippen molar-refractivity contribution in [1.82, 2.24) is 15.1 Å². The molecule has 2 rings (SSSR count). The van der Waals surface area contributed by atoms with E-state index >= 15 is 0 Å². The molecule has 1 N–H and O–H groups in total. The third-order valence-corrected chi connectivity index (χ3v) is 3.92. The van der Waals surface area contributed by atoms with Gasteiger partial charge in [0.2, 0.25) is 0 Å². The quantitative estimate of drug-likeness (QED) is 0.838. The highest BCUT2D eigenvalue weighted by Crippen LogP contribution is 2.22. The summed E-state index contributed by atoms with van der Waals surface area (Å²) in [5.74, 6) is 1.12. The molecule has 22 heavy (non-hydrogen) atoms. The van der Waals surface area contributed by atoms with Crippen molar-refractivity contribution in [2.75, 3.05) is 60.5 Å². The Labute approximate surface area is 132 Å². The van der Waals surface area contributed by atoms with Gasteiger partial charge in [-0.1, -0.05) is 0 Å². The van der Waals surface area contributed by atoms with Gasteiger partial charge in [-0.2, -0.15) is 0 Å². The minimum absolute atomic E-state index is 0.105. The Morgan fingerprint density at radius 3 is 2.23 bits per heavy atom. The minimum Gasteiger partial charge on any atom is -0.497 e. The fourth-order valence-electron chi connectivity index (χ4n) is 2.44. The zero-order chi connectivity index (χ0) is 15.9. The zero-order valence-electron chi connectivity index (χ0n) is 13.6. The molecule has 1 amide bonds. The third kappa shape index (κ3) is 4.61. The Morgan fingerprint density at radius 2 is 1.68 bits per heavy atom. The number of hydrogen-bond acceptors (Lipinski definition) is 5. The van der Waals surface area contributed by atoms with Crippen LogP contribution in [-0.4, -0.2) is 76.2 Å². The van der Waals surface area contributed by atoms with Crippen LogP contribution < -0.4 is 14.8 Å². The Hall–Kier alpha value is -1.79. The van der Waals surface area contributed by atoms with E-state index in [9.17, 15) is 4.79 Å². The summed E-state index contributed by atoms with van der Waals surface area (Å²) in [6.45, 7) is 5.80. The van der Waals surface area contributed by atoms with Gasteiger partial charge < -0.3 is 19.7 Å². The number of likely N-dealkylation sites (N-methyl/N-ethyl adjacent to an activating group) is 1. The minimum atomic E-state index is -0.105. The number of amides is 1. The molecule has 1 saturated heterocycles. The number of nitrogens with one attached hydrogen (secondary N) is 1. The van der Waals surface area contributed by atoms with Crippen molar-refractivity contribution >= 4 is 5.91 Å². The fraction of sp³-hybridized carbons (Fsp3) is 0.562. The van der Waals surface area contributed by atoms with E-state index in [-0.39, 0.29) is 5.91 Å². The van der Waals surface area contributed by atoms with Crippen molar-refractivity contribution in [2.45, 2.75) is 0 Å². The van der Waals surface area contributed by atoms with Crippen LogP contribution in [0.5, 0.6) is 11.5 Å². The predicted octanol–water partition coefficient (Wildman–Crippen LogP) is 0.681. The standard InChI is InChI=1S/C16H25N3O3/c1-18-6-8-19(9-7-18)5-4-17-16(20)13-10-14(21-2)12-15(11-13)22-3/h10-12H,4-9H2,1-3H3,(H,17,20). The van der Waals surface area contributed by atoms with Crippen molar-refractivity contribution in [2.24, 2.45) is 0 Å². The van der Waals surface area contributed by atoms with Crippen LogP contribution in [-0.2, 0) is 0 Å². The van der Waals surface area contributed by atoms with Crippen molar-refractivity contribution in [1.29, 1.82) is 0 Å². The molecular formula is C16H25N3O3. The Bertz CT molecular complexity index is 477. The summed E-state index contributed by atoms with van der Waals surface area (Å²) in [6, 6.07) is 5.18. The van der Waals surface area contributed by atoms with Gasteiger partial charge in [0.05, 0.1) is 14.2 Å². The molecule has 1 fully saturated rings. The first-order chi connectivity index (χ1) is 10.6. The molecule has 6 nitrogen and oxygen atoms in total. The molecule has 6 heteroatoms. The molecule has 1 aromatic rings. The fourth-order valence-corrected chi connectivity index (χ4v) is 2.44. The van der Waals surface area contributed by atoms with Crippen molar-refractivity contribution in [3.8, 4) is 11.5 Å². The van der Waals surface area contributed by atoms with E-state index in [2.05, 4.69) is 22.2 Å². The molecule has 1 aromatic carbocycles. The van der Waals surface area contributed by atoms with Gasteiger partial charge in [0.25, 0.3) is 5.91 Å². The Balaban J connectivity index is 1.84. The smallest absolute Gasteiger partial charge is 0.251 e. The van der Waals surface area contributed by atoms with Crippen molar-refractivity contribution < 1.29 is 14.3 Å². The summed E-state index contributed by atoms with van der Waals surface area (Å²) in [5.41, 5.74) is 0.551. The summed E-state index contributed by atoms with van der Waals surface area (Å²) < 4.78 is 10.4. The second-order valence-corrected chi connectivity index (χ2v) is 5.50. The molecule has 0 saturated carbocycles. The van der Waals surface area contributed by atoms with Crippen LogP contribution in [0.25, 0.3) is 0 Å². The molecule has 1 aliphatic rings. The summed E-state index contributed by atoms with van der Waals surface area (Å²) in [6.07, 6.45) is 0. The lowest BCUT2D eigenvalue weighted by atomic mass is 10.2. The second-order valence-electron chi connectivity index (χ2n) is 5.50. The van der Waals surface area contributed by atoms with Gasteiger partial charge in [0.1, 0.15) is 11.5 Å². The predicted molar refractivity (Wildman–Crippen MR) is 85.8 cm³/mol. The number of hydrogen-bond donors (Lipinski definition) is 1.